The van der Waals surface area contributed by atoms with Crippen LogP contribution in [0.4, 0.5) is 0 Å². The molecule has 0 spiro atoms. The van der Waals surface area contributed by atoms with Gasteiger partial charge in [-0.2, -0.15) is 0 Å². The van der Waals surface area contributed by atoms with Crippen molar-refractivity contribution in [3.05, 3.63) is 27.5 Å². The lowest BCUT2D eigenvalue weighted by Gasteiger charge is -2.12. The summed E-state index contributed by atoms with van der Waals surface area (Å²) in [5, 5.41) is 0.807. The molecule has 1 saturated carbocycles. The second-order valence-corrected chi connectivity index (χ2v) is 6.19. The number of aromatic nitrogens is 2. The quantitative estimate of drug-likeness (QED) is 0.796. The van der Waals surface area contributed by atoms with Gasteiger partial charge in [-0.3, -0.25) is 0 Å². The van der Waals surface area contributed by atoms with E-state index in [2.05, 4.69) is 23.4 Å². The molecule has 90 valence electrons. The summed E-state index contributed by atoms with van der Waals surface area (Å²) in [5.74, 6) is 0. The number of hydrogen-bond acceptors (Lipinski definition) is 1. The van der Waals surface area contributed by atoms with Gasteiger partial charge in [-0.25, -0.2) is 0 Å². The summed E-state index contributed by atoms with van der Waals surface area (Å²) in [5.41, 5.74) is 3.79. The maximum Gasteiger partial charge on any atom is 0.178 e. The van der Waals surface area contributed by atoms with E-state index in [4.69, 9.17) is 23.8 Å². The second-order valence-electron chi connectivity index (χ2n) is 5.40. The molecule has 4 heteroatoms. The van der Waals surface area contributed by atoms with Crippen molar-refractivity contribution in [2.45, 2.75) is 33.2 Å². The van der Waals surface area contributed by atoms with E-state index in [-0.39, 0.29) is 0 Å². The number of nitrogens with zero attached hydrogens (tertiary/aromatic N) is 1. The third-order valence-electron chi connectivity index (χ3n) is 3.76. The zero-order valence-electron chi connectivity index (χ0n) is 10.0. The van der Waals surface area contributed by atoms with Crippen LogP contribution in [0.1, 0.15) is 25.3 Å². The number of H-pyrrole nitrogens is 1. The molecule has 1 heterocycles. The van der Waals surface area contributed by atoms with Crippen LogP contribution in [0.5, 0.6) is 0 Å². The Hall–Kier alpha value is -0.800. The van der Waals surface area contributed by atoms with Gasteiger partial charge in [-0.15, -0.1) is 0 Å². The summed E-state index contributed by atoms with van der Waals surface area (Å²) in [6.45, 7) is 5.36. The molecule has 3 rings (SSSR count). The number of rotatable bonds is 2. The number of benzene rings is 1. The Morgan fingerprint density at radius 3 is 2.82 bits per heavy atom. The van der Waals surface area contributed by atoms with Crippen LogP contribution in [-0.4, -0.2) is 9.55 Å². The summed E-state index contributed by atoms with van der Waals surface area (Å²) in [6.07, 6.45) is 2.59. The minimum Gasteiger partial charge on any atom is -0.331 e. The molecule has 0 amide bonds. The summed E-state index contributed by atoms with van der Waals surface area (Å²) >= 11 is 11.6. The van der Waals surface area contributed by atoms with Gasteiger partial charge in [0.2, 0.25) is 0 Å². The fourth-order valence-electron chi connectivity index (χ4n) is 2.31. The molecule has 1 N–H and O–H groups in total. The molecule has 1 aromatic carbocycles. The van der Waals surface area contributed by atoms with Crippen LogP contribution >= 0.6 is 23.8 Å². The molecule has 1 aliphatic rings. The van der Waals surface area contributed by atoms with Gasteiger partial charge in [-0.05, 0) is 55.1 Å². The molecule has 0 saturated heterocycles. The van der Waals surface area contributed by atoms with Gasteiger partial charge < -0.3 is 9.55 Å². The molecule has 0 aliphatic heterocycles. The molecular weight excluding hydrogens is 252 g/mol. The van der Waals surface area contributed by atoms with Crippen molar-refractivity contribution in [3.63, 3.8) is 0 Å². The van der Waals surface area contributed by atoms with Crippen molar-refractivity contribution in [2.75, 3.05) is 0 Å². The molecule has 0 bridgehead atoms. The van der Waals surface area contributed by atoms with E-state index in [1.165, 1.54) is 12.8 Å². The number of fused-ring (bicyclic) bond motifs is 1. The van der Waals surface area contributed by atoms with Crippen LogP contribution in [0.25, 0.3) is 11.0 Å². The van der Waals surface area contributed by atoms with E-state index in [0.717, 1.165) is 32.9 Å². The Labute approximate surface area is 111 Å². The predicted molar refractivity (Wildman–Crippen MR) is 74.2 cm³/mol. The van der Waals surface area contributed by atoms with Crippen molar-refractivity contribution in [3.8, 4) is 0 Å². The van der Waals surface area contributed by atoms with E-state index in [9.17, 15) is 0 Å². The third kappa shape index (κ3) is 1.81. The molecule has 1 fully saturated rings. The maximum atomic E-state index is 6.19. The van der Waals surface area contributed by atoms with Gasteiger partial charge in [0.05, 0.1) is 11.0 Å². The highest BCUT2D eigenvalue weighted by Gasteiger charge is 2.38. The van der Waals surface area contributed by atoms with Crippen molar-refractivity contribution < 1.29 is 0 Å². The minimum atomic E-state index is 0.433. The summed E-state index contributed by atoms with van der Waals surface area (Å²) < 4.78 is 3.01. The first-order chi connectivity index (χ1) is 8.00. The lowest BCUT2D eigenvalue weighted by molar-refractivity contribution is 0.469. The van der Waals surface area contributed by atoms with Crippen LogP contribution in [0, 0.1) is 17.1 Å². The van der Waals surface area contributed by atoms with Crippen LogP contribution in [0.15, 0.2) is 12.1 Å². The molecule has 0 atom stereocenters. The monoisotopic (exact) mass is 266 g/mol. The first-order valence-corrected chi connectivity index (χ1v) is 6.66. The van der Waals surface area contributed by atoms with Crippen molar-refractivity contribution in [2.24, 2.45) is 5.41 Å². The number of aryl methyl sites for hydroxylation is 1. The van der Waals surface area contributed by atoms with Gasteiger partial charge in [0.25, 0.3) is 0 Å². The molecule has 1 aromatic heterocycles. The van der Waals surface area contributed by atoms with Gasteiger partial charge in [0.1, 0.15) is 0 Å². The van der Waals surface area contributed by atoms with Gasteiger partial charge in [0, 0.05) is 11.6 Å². The third-order valence-corrected chi connectivity index (χ3v) is 4.50. The van der Waals surface area contributed by atoms with Crippen LogP contribution in [-0.2, 0) is 6.54 Å². The highest BCUT2D eigenvalue weighted by atomic mass is 35.5. The standard InChI is InChI=1S/C13H15ClN2S/c1-8-9(14)3-4-10-11(8)16(12(17)15-10)7-13(2)5-6-13/h3-4H,5-7H2,1-2H3,(H,15,17). The van der Waals surface area contributed by atoms with Crippen molar-refractivity contribution in [1.29, 1.82) is 0 Å². The number of halogens is 1. The summed E-state index contributed by atoms with van der Waals surface area (Å²) in [7, 11) is 0. The van der Waals surface area contributed by atoms with Gasteiger partial charge in [0.15, 0.2) is 4.77 Å². The van der Waals surface area contributed by atoms with Crippen molar-refractivity contribution >= 4 is 34.9 Å². The Kier molecular flexibility index (Phi) is 2.39. The predicted octanol–water partition coefficient (Wildman–Crippen LogP) is 4.46. The molecule has 17 heavy (non-hydrogen) atoms. The zero-order valence-corrected chi connectivity index (χ0v) is 11.6. The highest BCUT2D eigenvalue weighted by Crippen LogP contribution is 2.47. The van der Waals surface area contributed by atoms with E-state index < -0.39 is 0 Å². The van der Waals surface area contributed by atoms with Gasteiger partial charge >= 0.3 is 0 Å². The van der Waals surface area contributed by atoms with E-state index in [0.29, 0.717) is 5.41 Å². The van der Waals surface area contributed by atoms with Crippen LogP contribution < -0.4 is 0 Å². The number of imidazole rings is 1. The van der Waals surface area contributed by atoms with Crippen LogP contribution in [0.3, 0.4) is 0 Å². The minimum absolute atomic E-state index is 0.433. The first kappa shape index (κ1) is 11.3. The SMILES string of the molecule is Cc1c(Cl)ccc2[nH]c(=S)n(CC3(C)CC3)c12. The average molecular weight is 267 g/mol. The normalized spacial score (nSPS) is 17.6. The van der Waals surface area contributed by atoms with Crippen molar-refractivity contribution in [1.82, 2.24) is 9.55 Å². The number of aromatic amines is 1. The fraction of sp³-hybridized carbons (Fsp3) is 0.462. The Bertz CT molecular complexity index is 649. The molecule has 2 nitrogen and oxygen atoms in total. The lowest BCUT2D eigenvalue weighted by atomic mass is 10.1. The van der Waals surface area contributed by atoms with Gasteiger partial charge in [-0.1, -0.05) is 18.5 Å². The summed E-state index contributed by atoms with van der Waals surface area (Å²) in [4.78, 5) is 3.26. The highest BCUT2D eigenvalue weighted by molar-refractivity contribution is 7.71. The zero-order chi connectivity index (χ0) is 12.2. The largest absolute Gasteiger partial charge is 0.331 e. The summed E-state index contributed by atoms with van der Waals surface area (Å²) in [6, 6.07) is 3.93. The lowest BCUT2D eigenvalue weighted by Crippen LogP contribution is -2.08. The average Bonchev–Trinajstić information content (AvgIpc) is 2.91. The number of hydrogen-bond donors (Lipinski definition) is 1. The molecular formula is C13H15ClN2S. The molecule has 2 aromatic rings. The maximum absolute atomic E-state index is 6.19. The van der Waals surface area contributed by atoms with Crippen LogP contribution in [0.2, 0.25) is 5.02 Å². The van der Waals surface area contributed by atoms with E-state index in [1.807, 2.05) is 12.1 Å². The second kappa shape index (κ2) is 3.59. The fourth-order valence-corrected chi connectivity index (χ4v) is 2.73. The Morgan fingerprint density at radius 2 is 2.18 bits per heavy atom. The number of nitrogens with one attached hydrogen (secondary N) is 1. The van der Waals surface area contributed by atoms with E-state index in [1.54, 1.807) is 0 Å². The topological polar surface area (TPSA) is 20.7 Å². The molecule has 1 aliphatic carbocycles. The first-order valence-electron chi connectivity index (χ1n) is 5.88. The van der Waals surface area contributed by atoms with E-state index >= 15 is 0 Å². The Morgan fingerprint density at radius 1 is 1.47 bits per heavy atom. The smallest absolute Gasteiger partial charge is 0.178 e. The molecule has 0 radical (unpaired) electrons. The molecule has 0 unspecified atom stereocenters. The Balaban J connectivity index is 2.25.